The molecule has 2 aromatic heterocycles. The summed E-state index contributed by atoms with van der Waals surface area (Å²) in [6.07, 6.45) is 3.94. The Morgan fingerprint density at radius 2 is 1.97 bits per heavy atom. The van der Waals surface area contributed by atoms with E-state index in [0.717, 1.165) is 54.1 Å². The first-order chi connectivity index (χ1) is 15.9. The summed E-state index contributed by atoms with van der Waals surface area (Å²) in [7, 11) is 1.68. The summed E-state index contributed by atoms with van der Waals surface area (Å²) >= 11 is 0. The molecule has 1 fully saturated rings. The molecule has 3 aromatic rings. The molecule has 3 heterocycles. The van der Waals surface area contributed by atoms with Crippen LogP contribution in [-0.2, 0) is 0 Å². The first kappa shape index (κ1) is 23.3. The highest BCUT2D eigenvalue weighted by molar-refractivity contribution is 5.66. The van der Waals surface area contributed by atoms with Crippen LogP contribution in [0.1, 0.15) is 43.7 Å². The number of piperidine rings is 1. The lowest BCUT2D eigenvalue weighted by Gasteiger charge is -2.34. The molecule has 0 unspecified atom stereocenters. The smallest absolute Gasteiger partial charge is 0.258 e. The lowest BCUT2D eigenvalue weighted by atomic mass is 9.98. The minimum atomic E-state index is -0.0821. The number of pyridine rings is 1. The molecule has 1 aliphatic heterocycles. The third-order valence-electron chi connectivity index (χ3n) is 6.48. The van der Waals surface area contributed by atoms with Crippen LogP contribution in [0.3, 0.4) is 0 Å². The van der Waals surface area contributed by atoms with Gasteiger partial charge in [0, 0.05) is 43.5 Å². The van der Waals surface area contributed by atoms with Crippen LogP contribution < -0.4 is 20.5 Å². The minimum absolute atomic E-state index is 0.0821. The average molecular weight is 451 g/mol. The second-order valence-corrected chi connectivity index (χ2v) is 9.11. The Morgan fingerprint density at radius 1 is 1.21 bits per heavy atom. The van der Waals surface area contributed by atoms with Gasteiger partial charge in [-0.15, -0.1) is 0 Å². The maximum absolute atomic E-state index is 13.1. The number of hydrogen-bond acceptors (Lipinski definition) is 6. The van der Waals surface area contributed by atoms with Crippen LogP contribution >= 0.6 is 0 Å². The zero-order chi connectivity index (χ0) is 23.5. The highest BCUT2D eigenvalue weighted by atomic mass is 16.5. The number of fused-ring (bicyclic) bond motifs is 1. The largest absolute Gasteiger partial charge is 0.496 e. The van der Waals surface area contributed by atoms with E-state index >= 15 is 0 Å². The van der Waals surface area contributed by atoms with Crippen LogP contribution in [0.2, 0.25) is 0 Å². The number of aromatic nitrogens is 2. The summed E-state index contributed by atoms with van der Waals surface area (Å²) in [5, 5.41) is 12.4. The molecular formula is C26H34N4O3. The van der Waals surface area contributed by atoms with E-state index in [1.165, 1.54) is 0 Å². The second-order valence-electron chi connectivity index (χ2n) is 9.11. The molecule has 7 heteroatoms. The zero-order valence-electron chi connectivity index (χ0n) is 20.0. The van der Waals surface area contributed by atoms with E-state index < -0.39 is 0 Å². The van der Waals surface area contributed by atoms with Gasteiger partial charge in [-0.05, 0) is 61.1 Å². The van der Waals surface area contributed by atoms with Crippen molar-refractivity contribution in [2.45, 2.75) is 45.6 Å². The van der Waals surface area contributed by atoms with Crippen molar-refractivity contribution in [3.05, 3.63) is 58.0 Å². The van der Waals surface area contributed by atoms with E-state index in [9.17, 15) is 4.79 Å². The predicted molar refractivity (Wildman–Crippen MR) is 133 cm³/mol. The Morgan fingerprint density at radius 3 is 2.64 bits per heavy atom. The molecule has 0 amide bonds. The summed E-state index contributed by atoms with van der Waals surface area (Å²) in [5.41, 5.74) is 5.31. The molecule has 7 nitrogen and oxygen atoms in total. The fourth-order valence-corrected chi connectivity index (χ4v) is 4.63. The number of nitrogens with one attached hydrogen (secondary N) is 1. The monoisotopic (exact) mass is 450 g/mol. The zero-order valence-corrected chi connectivity index (χ0v) is 20.0. The quantitative estimate of drug-likeness (QED) is 0.575. The van der Waals surface area contributed by atoms with E-state index in [-0.39, 0.29) is 12.2 Å². The fourth-order valence-electron chi connectivity index (χ4n) is 4.63. The minimum Gasteiger partial charge on any atom is -0.496 e. The van der Waals surface area contributed by atoms with Crippen LogP contribution in [0.15, 0.2) is 41.3 Å². The van der Waals surface area contributed by atoms with E-state index in [2.05, 4.69) is 36.2 Å². The molecule has 1 aromatic carbocycles. The van der Waals surface area contributed by atoms with Gasteiger partial charge in [-0.2, -0.15) is 0 Å². The summed E-state index contributed by atoms with van der Waals surface area (Å²) in [5.74, 6) is 1.15. The summed E-state index contributed by atoms with van der Waals surface area (Å²) in [6.45, 7) is 8.89. The lowest BCUT2D eigenvalue weighted by Crippen LogP contribution is -2.43. The van der Waals surface area contributed by atoms with Gasteiger partial charge in [0.05, 0.1) is 25.1 Å². The number of aliphatic hydroxyl groups excluding tert-OH is 1. The number of rotatable bonds is 7. The molecule has 2 N–H and O–H groups in total. The van der Waals surface area contributed by atoms with Crippen LogP contribution in [0.5, 0.6) is 5.75 Å². The third-order valence-corrected chi connectivity index (χ3v) is 6.48. The Balaban J connectivity index is 1.65. The number of ether oxygens (including phenoxy) is 1. The van der Waals surface area contributed by atoms with Gasteiger partial charge < -0.3 is 20.1 Å². The van der Waals surface area contributed by atoms with E-state index in [1.807, 2.05) is 25.3 Å². The van der Waals surface area contributed by atoms with Crippen molar-refractivity contribution in [1.82, 2.24) is 14.7 Å². The second kappa shape index (κ2) is 9.93. The molecule has 0 spiro atoms. The molecule has 33 heavy (non-hydrogen) atoms. The SMILES string of the molecule is COc1ccc(-c2cc(=O)n3cc(N4CCC(NCCO)CC4)cc(C)c3n2)cc1C(C)C. The topological polar surface area (TPSA) is 79.1 Å². The fraction of sp³-hybridized carbons (Fsp3) is 0.462. The first-order valence-corrected chi connectivity index (χ1v) is 11.7. The van der Waals surface area contributed by atoms with E-state index in [4.69, 9.17) is 14.8 Å². The predicted octanol–water partition coefficient (Wildman–Crippen LogP) is 3.35. The average Bonchev–Trinajstić information content (AvgIpc) is 2.83. The molecule has 1 aliphatic rings. The van der Waals surface area contributed by atoms with Crippen molar-refractivity contribution < 1.29 is 9.84 Å². The highest BCUT2D eigenvalue weighted by Gasteiger charge is 2.20. The van der Waals surface area contributed by atoms with Crippen LogP contribution in [0, 0.1) is 6.92 Å². The Kier molecular flexibility index (Phi) is 7.00. The summed E-state index contributed by atoms with van der Waals surface area (Å²) < 4.78 is 7.17. The lowest BCUT2D eigenvalue weighted by molar-refractivity contribution is 0.277. The number of aliphatic hydroxyl groups is 1. The van der Waals surface area contributed by atoms with Gasteiger partial charge in [-0.25, -0.2) is 4.98 Å². The molecule has 0 saturated carbocycles. The van der Waals surface area contributed by atoms with E-state index in [1.54, 1.807) is 17.6 Å². The van der Waals surface area contributed by atoms with Crippen molar-refractivity contribution in [3.8, 4) is 17.0 Å². The summed E-state index contributed by atoms with van der Waals surface area (Å²) in [6, 6.07) is 10.2. The maximum atomic E-state index is 13.1. The number of nitrogens with zero attached hydrogens (tertiary/aromatic N) is 3. The van der Waals surface area contributed by atoms with Gasteiger partial charge in [0.2, 0.25) is 0 Å². The highest BCUT2D eigenvalue weighted by Crippen LogP contribution is 2.31. The van der Waals surface area contributed by atoms with Crippen LogP contribution in [0.4, 0.5) is 5.69 Å². The molecule has 0 atom stereocenters. The Labute approximate surface area is 195 Å². The van der Waals surface area contributed by atoms with Gasteiger partial charge in [0.15, 0.2) is 0 Å². The van der Waals surface area contributed by atoms with Crippen molar-refractivity contribution in [1.29, 1.82) is 0 Å². The van der Waals surface area contributed by atoms with Crippen molar-refractivity contribution >= 4 is 11.3 Å². The van der Waals surface area contributed by atoms with Crippen LogP contribution in [0.25, 0.3) is 16.9 Å². The normalized spacial score (nSPS) is 14.9. The molecule has 0 aliphatic carbocycles. The number of benzene rings is 1. The number of hydrogen-bond donors (Lipinski definition) is 2. The van der Waals surface area contributed by atoms with Crippen molar-refractivity contribution in [2.24, 2.45) is 0 Å². The molecule has 0 radical (unpaired) electrons. The van der Waals surface area contributed by atoms with Gasteiger partial charge >= 0.3 is 0 Å². The van der Waals surface area contributed by atoms with Crippen LogP contribution in [-0.4, -0.2) is 53.9 Å². The van der Waals surface area contributed by atoms with Crippen molar-refractivity contribution in [2.75, 3.05) is 38.3 Å². The summed E-state index contributed by atoms with van der Waals surface area (Å²) in [4.78, 5) is 20.3. The van der Waals surface area contributed by atoms with Gasteiger partial charge in [-0.1, -0.05) is 13.8 Å². The molecule has 0 bridgehead atoms. The number of anilines is 1. The van der Waals surface area contributed by atoms with Gasteiger partial charge in [-0.3, -0.25) is 9.20 Å². The molecule has 1 saturated heterocycles. The molecule has 4 rings (SSSR count). The van der Waals surface area contributed by atoms with Crippen molar-refractivity contribution in [3.63, 3.8) is 0 Å². The number of aryl methyl sites for hydroxylation is 1. The third kappa shape index (κ3) is 4.89. The van der Waals surface area contributed by atoms with E-state index in [0.29, 0.717) is 29.8 Å². The van der Waals surface area contributed by atoms with Gasteiger partial charge in [0.1, 0.15) is 11.4 Å². The Bertz CT molecular complexity index is 1180. The molecular weight excluding hydrogens is 416 g/mol. The maximum Gasteiger partial charge on any atom is 0.258 e. The number of methoxy groups -OCH3 is 1. The standard InChI is InChI=1S/C26H34N4O3/c1-17(2)22-14-19(5-6-24(22)33-4)23-15-25(32)30-16-21(13-18(3)26(30)28-23)29-10-7-20(8-11-29)27-9-12-31/h5-6,13-17,20,27,31H,7-12H2,1-4H3. The van der Waals surface area contributed by atoms with Gasteiger partial charge in [0.25, 0.3) is 5.56 Å². The molecule has 176 valence electrons. The first-order valence-electron chi connectivity index (χ1n) is 11.7. The Hall–Kier alpha value is -2.90.